The van der Waals surface area contributed by atoms with E-state index in [0.29, 0.717) is 0 Å². The van der Waals surface area contributed by atoms with Crippen LogP contribution in [-0.4, -0.2) is 72.2 Å². The first-order valence-electron chi connectivity index (χ1n) is 9.76. The van der Waals surface area contributed by atoms with E-state index in [4.69, 9.17) is 16.1 Å². The topological polar surface area (TPSA) is 599 Å². The fourth-order valence-corrected chi connectivity index (χ4v) is 2.59. The Morgan fingerprint density at radius 2 is 0.915 bits per heavy atom. The number of hydrazine groups is 1. The maximum absolute atomic E-state index is 11.2. The number of aromatic hydroxyl groups is 2. The summed E-state index contributed by atoms with van der Waals surface area (Å²) < 4.78 is 0. The standard InChI is InChI=1S/2C6H3N3O8.C3H7N5.5H2O/c2*10-5-2(7(12)13)1-3(8(14)15)6(11)4(5)9(16)17;4-2-1-3(6-5)8-7-2;;;;;/h2*1,10-11H;1H,5H2,(H4,4,6,7,8);5*1H2. The van der Waals surface area contributed by atoms with Gasteiger partial charge in [0.15, 0.2) is 0 Å². The normalized spacial score (nSPS) is 8.72. The average Bonchev–Trinajstić information content (AvgIpc) is 3.29. The van der Waals surface area contributed by atoms with Crippen LogP contribution in [0.3, 0.4) is 0 Å². The highest BCUT2D eigenvalue weighted by Crippen LogP contribution is 2.47. The molecule has 0 aliphatic rings. The molecule has 20 N–H and O–H groups in total. The number of benzene rings is 2. The van der Waals surface area contributed by atoms with Crippen LogP contribution in [0.15, 0.2) is 18.2 Å². The Balaban J connectivity index is -0.000000187. The van der Waals surface area contributed by atoms with Gasteiger partial charge >= 0.3 is 28.6 Å². The highest BCUT2D eigenvalue weighted by Gasteiger charge is 2.33. The van der Waals surface area contributed by atoms with Crippen LogP contribution in [-0.2, 0) is 0 Å². The smallest absolute Gasteiger partial charge is 0.324 e. The zero-order chi connectivity index (χ0) is 32.6. The van der Waals surface area contributed by atoms with Crippen LogP contribution in [0, 0.1) is 60.7 Å². The Morgan fingerprint density at radius 1 is 0.617 bits per heavy atom. The molecule has 0 aliphatic heterocycles. The molecule has 0 unspecified atom stereocenters. The van der Waals surface area contributed by atoms with Gasteiger partial charge < -0.3 is 53.5 Å². The Bertz CT molecular complexity index is 1440. The average molecular weight is 693 g/mol. The van der Waals surface area contributed by atoms with Crippen molar-refractivity contribution in [3.05, 3.63) is 78.9 Å². The maximum Gasteiger partial charge on any atom is 0.324 e. The number of nitrogens with two attached hydrogens (primary N) is 1. The monoisotopic (exact) mass is 693 g/mol. The number of rotatable bonds is 7. The van der Waals surface area contributed by atoms with Gasteiger partial charge in [-0.3, -0.25) is 60.7 Å². The first kappa shape index (κ1) is 49.4. The maximum atomic E-state index is 11.2. The van der Waals surface area contributed by atoms with Crippen LogP contribution in [0.4, 0.5) is 45.8 Å². The third-order valence-corrected chi connectivity index (χ3v) is 4.36. The summed E-state index contributed by atoms with van der Waals surface area (Å²) in [4.78, 5) is 54.3. The lowest BCUT2D eigenvalue weighted by Crippen LogP contribution is -2.41. The molecule has 0 saturated carbocycles. The third-order valence-electron chi connectivity index (χ3n) is 4.36. The van der Waals surface area contributed by atoms with Crippen molar-refractivity contribution in [2.45, 2.75) is 0 Å². The van der Waals surface area contributed by atoms with Crippen LogP contribution >= 0.6 is 0 Å². The van der Waals surface area contributed by atoms with Crippen LogP contribution in [0.25, 0.3) is 0 Å². The molecule has 32 heteroatoms. The number of aromatic nitrogens is 2. The van der Waals surface area contributed by atoms with E-state index < -0.39 is 86.7 Å². The molecule has 0 spiro atoms. The fraction of sp³-hybridized carbons (Fsp3) is 0. The Kier molecular flexibility index (Phi) is 20.9. The number of phenols is 2. The summed E-state index contributed by atoms with van der Waals surface area (Å²) in [5.41, 5.74) is -2.40. The Hall–Kier alpha value is -7.23. The van der Waals surface area contributed by atoms with E-state index in [9.17, 15) is 70.9 Å². The molecule has 264 valence electrons. The van der Waals surface area contributed by atoms with Gasteiger partial charge in [-0.15, -0.1) is 0 Å². The first-order valence-corrected chi connectivity index (χ1v) is 9.76. The summed E-state index contributed by atoms with van der Waals surface area (Å²) in [6, 6.07) is 2.11. The number of quaternary nitrogens is 1. The van der Waals surface area contributed by atoms with Crippen LogP contribution in [0.1, 0.15) is 0 Å². The first-order chi connectivity index (χ1) is 19.4. The lowest BCUT2D eigenvalue weighted by atomic mass is 10.2. The second-order valence-electron chi connectivity index (χ2n) is 6.90. The minimum Gasteiger partial charge on any atom is -0.863 e. The van der Waals surface area contributed by atoms with Crippen molar-refractivity contribution >= 4 is 45.8 Å². The molecule has 0 saturated heterocycles. The van der Waals surface area contributed by atoms with Crippen LogP contribution in [0.2, 0.25) is 0 Å². The number of nitro benzene ring substituents is 6. The van der Waals surface area contributed by atoms with Gasteiger partial charge in [0.2, 0.25) is 5.82 Å². The number of aromatic amines is 2. The van der Waals surface area contributed by atoms with Gasteiger partial charge in [0, 0.05) is 0 Å². The van der Waals surface area contributed by atoms with Gasteiger partial charge in [-0.05, 0) is 0 Å². The summed E-state index contributed by atoms with van der Waals surface area (Å²) >= 11 is 0. The largest absolute Gasteiger partial charge is 0.863 e. The molecule has 0 aliphatic carbocycles. The number of nitrogens with zero attached hydrogens (tertiary/aromatic N) is 6. The third kappa shape index (κ3) is 11.4. The van der Waals surface area contributed by atoms with E-state index in [0.717, 1.165) is 11.6 Å². The lowest BCUT2D eigenvalue weighted by Gasteiger charge is -2.08. The van der Waals surface area contributed by atoms with Gasteiger partial charge in [-0.25, -0.2) is 0 Å². The number of anilines is 1. The van der Waals surface area contributed by atoms with Crippen molar-refractivity contribution in [2.75, 3.05) is 5.43 Å². The van der Waals surface area contributed by atoms with E-state index in [1.807, 2.05) is 0 Å². The molecule has 0 bridgehead atoms. The lowest BCUT2D eigenvalue weighted by molar-refractivity contribution is -0.444. The molecule has 47 heavy (non-hydrogen) atoms. The highest BCUT2D eigenvalue weighted by molar-refractivity contribution is 5.73. The van der Waals surface area contributed by atoms with Gasteiger partial charge in [-0.1, -0.05) is 0 Å². The molecule has 0 atom stereocenters. The van der Waals surface area contributed by atoms with E-state index >= 15 is 0 Å². The number of hydrogen-bond donors (Lipinski definition) is 6. The van der Waals surface area contributed by atoms with Gasteiger partial charge in [0.25, 0.3) is 22.9 Å². The van der Waals surface area contributed by atoms with E-state index in [1.54, 1.807) is 6.07 Å². The van der Waals surface area contributed by atoms with E-state index in [-0.39, 0.29) is 39.5 Å². The molecule has 0 amide bonds. The quantitative estimate of drug-likeness (QED) is 0.0762. The minimum atomic E-state index is -1.69. The van der Waals surface area contributed by atoms with Crippen molar-refractivity contribution in [3.8, 4) is 23.0 Å². The van der Waals surface area contributed by atoms with Gasteiger partial charge in [-0.2, -0.15) is 21.5 Å². The molecule has 1 heterocycles. The number of nitro groups is 6. The van der Waals surface area contributed by atoms with Crippen molar-refractivity contribution < 1.29 is 88.2 Å². The van der Waals surface area contributed by atoms with Crippen LogP contribution in [0.5, 0.6) is 23.0 Å². The van der Waals surface area contributed by atoms with Gasteiger partial charge in [0.1, 0.15) is 6.07 Å². The molecular formula is C15H23N11O21. The minimum absolute atomic E-state index is 0. The molecule has 2 aromatic carbocycles. The predicted molar refractivity (Wildman–Crippen MR) is 141 cm³/mol. The predicted octanol–water partition coefficient (Wildman–Crippen LogP) is -5.75. The summed E-state index contributed by atoms with van der Waals surface area (Å²) in [6.45, 7) is 0. The number of H-pyrrole nitrogens is 2. The highest BCUT2D eigenvalue weighted by atomic mass is 16.7. The molecular weight excluding hydrogens is 670 g/mol. The SMILES string of the molecule is NNc1cc([NH3+])[nH][nH+]1.O.O.O.O.O.O=[N+]([O-])c1cc([N+](=O)[O-])c(O)c([N+](=O)[O-])c1[O-].O=[N+]([O-])c1cc([N+](=O)[O-])c(O)c([N+](=O)[O-])c1[O-]. The van der Waals surface area contributed by atoms with Crippen molar-refractivity contribution in [1.29, 1.82) is 0 Å². The van der Waals surface area contributed by atoms with Gasteiger partial charge in [0.05, 0.1) is 53.2 Å². The van der Waals surface area contributed by atoms with Crippen molar-refractivity contribution in [3.63, 3.8) is 0 Å². The summed E-state index contributed by atoms with van der Waals surface area (Å²) in [7, 11) is 0. The Morgan fingerprint density at radius 3 is 1.09 bits per heavy atom. The molecule has 32 nitrogen and oxygen atoms in total. The summed E-state index contributed by atoms with van der Waals surface area (Å²) in [6.07, 6.45) is 0. The number of nitrogens with one attached hydrogen (secondary N) is 3. The zero-order valence-electron chi connectivity index (χ0n) is 22.3. The van der Waals surface area contributed by atoms with Crippen molar-refractivity contribution in [2.24, 2.45) is 5.84 Å². The van der Waals surface area contributed by atoms with Crippen molar-refractivity contribution in [1.82, 2.24) is 5.10 Å². The second-order valence-corrected chi connectivity index (χ2v) is 6.90. The second kappa shape index (κ2) is 19.9. The molecule has 3 rings (SSSR count). The van der Waals surface area contributed by atoms with E-state index in [2.05, 4.69) is 21.4 Å². The van der Waals surface area contributed by atoms with E-state index in [1.165, 1.54) is 0 Å². The fourth-order valence-electron chi connectivity index (χ4n) is 2.59. The zero-order valence-corrected chi connectivity index (χ0v) is 22.3. The number of hydrogen-bond acceptors (Lipinski definition) is 18. The molecule has 1 aromatic heterocycles. The molecule has 3 aromatic rings. The molecule has 0 radical (unpaired) electrons. The summed E-state index contributed by atoms with van der Waals surface area (Å²) in [5.74, 6) is 0.178. The number of nitrogen functional groups attached to an aromatic ring is 1. The molecule has 0 fully saturated rings. The Labute approximate surface area is 253 Å². The van der Waals surface area contributed by atoms with Crippen LogP contribution < -0.4 is 32.3 Å². The summed E-state index contributed by atoms with van der Waals surface area (Å²) in [5, 5.41) is 108. The number of phenolic OH excluding ortho intramolecular Hbond substituents is 2.